The van der Waals surface area contributed by atoms with Crippen LogP contribution in [0.5, 0.6) is 5.75 Å². The number of amides is 1. The summed E-state index contributed by atoms with van der Waals surface area (Å²) in [6.07, 6.45) is 0.998. The number of ketones is 1. The summed E-state index contributed by atoms with van der Waals surface area (Å²) < 4.78 is 13.1. The molecule has 1 saturated heterocycles. The van der Waals surface area contributed by atoms with Crippen LogP contribution in [0, 0.1) is 11.7 Å². The molecule has 4 nitrogen and oxygen atoms in total. The van der Waals surface area contributed by atoms with Crippen molar-refractivity contribution in [3.05, 3.63) is 29.6 Å². The third-order valence-electron chi connectivity index (χ3n) is 3.49. The fourth-order valence-electron chi connectivity index (χ4n) is 2.30. The Hall–Kier alpha value is -1.91. The van der Waals surface area contributed by atoms with Gasteiger partial charge in [0.25, 0.3) is 5.91 Å². The molecule has 0 spiro atoms. The number of halogens is 1. The summed E-state index contributed by atoms with van der Waals surface area (Å²) in [7, 11) is 0. The molecular weight excluding hydrogens is 249 g/mol. The number of Topliss-reactive ketones (excluding diaryl/α,β-unsaturated/α-hetero) is 1. The van der Waals surface area contributed by atoms with Crippen molar-refractivity contribution in [2.45, 2.75) is 19.8 Å². The van der Waals surface area contributed by atoms with Gasteiger partial charge in [0, 0.05) is 25.4 Å². The van der Waals surface area contributed by atoms with Crippen molar-refractivity contribution in [3.63, 3.8) is 0 Å². The van der Waals surface area contributed by atoms with Crippen LogP contribution in [0.3, 0.4) is 0 Å². The van der Waals surface area contributed by atoms with E-state index in [2.05, 4.69) is 0 Å². The molecule has 1 amide bonds. The van der Waals surface area contributed by atoms with Gasteiger partial charge in [0.05, 0.1) is 5.56 Å². The van der Waals surface area contributed by atoms with Gasteiger partial charge in [-0.25, -0.2) is 4.39 Å². The number of hydrogen-bond acceptors (Lipinski definition) is 3. The highest BCUT2D eigenvalue weighted by Crippen LogP contribution is 2.23. The first kappa shape index (κ1) is 13.5. The monoisotopic (exact) mass is 265 g/mol. The molecule has 0 aromatic heterocycles. The molecule has 0 radical (unpaired) electrons. The fraction of sp³-hybridized carbons (Fsp3) is 0.429. The zero-order chi connectivity index (χ0) is 14.0. The number of carbonyl (C=O) groups is 2. The average Bonchev–Trinajstić information content (AvgIpc) is 2.41. The van der Waals surface area contributed by atoms with Crippen molar-refractivity contribution in [1.29, 1.82) is 0 Å². The minimum Gasteiger partial charge on any atom is -0.507 e. The first-order valence-electron chi connectivity index (χ1n) is 6.33. The Morgan fingerprint density at radius 3 is 2.95 bits per heavy atom. The fourth-order valence-corrected chi connectivity index (χ4v) is 2.30. The molecule has 1 fully saturated rings. The van der Waals surface area contributed by atoms with E-state index in [0.29, 0.717) is 25.9 Å². The Morgan fingerprint density at radius 2 is 2.26 bits per heavy atom. The average molecular weight is 265 g/mol. The number of phenolic OH excluding ortho intramolecular Hbond substituents is 1. The molecule has 1 aromatic rings. The largest absolute Gasteiger partial charge is 0.507 e. The minimum atomic E-state index is -0.568. The number of phenols is 1. The maximum Gasteiger partial charge on any atom is 0.257 e. The van der Waals surface area contributed by atoms with Gasteiger partial charge in [-0.05, 0) is 24.6 Å². The standard InChI is InChI=1S/C14H16FNO3/c1-2-9-8-16(6-5-12(9)17)14(19)11-7-10(15)3-4-13(11)18/h3-4,7,9,18H,2,5-6,8H2,1H3. The smallest absolute Gasteiger partial charge is 0.257 e. The number of hydrogen-bond donors (Lipinski definition) is 1. The van der Waals surface area contributed by atoms with Crippen molar-refractivity contribution in [1.82, 2.24) is 4.90 Å². The van der Waals surface area contributed by atoms with Crippen molar-refractivity contribution in [2.24, 2.45) is 5.92 Å². The Morgan fingerprint density at radius 1 is 1.53 bits per heavy atom. The topological polar surface area (TPSA) is 57.6 Å². The van der Waals surface area contributed by atoms with E-state index in [1.54, 1.807) is 0 Å². The number of piperidine rings is 1. The zero-order valence-corrected chi connectivity index (χ0v) is 10.7. The van der Waals surface area contributed by atoms with E-state index >= 15 is 0 Å². The highest BCUT2D eigenvalue weighted by molar-refractivity contribution is 5.98. The number of carbonyl (C=O) groups excluding carboxylic acids is 2. The number of rotatable bonds is 2. The van der Waals surface area contributed by atoms with Gasteiger partial charge < -0.3 is 10.0 Å². The second-order valence-corrected chi connectivity index (χ2v) is 4.73. The second-order valence-electron chi connectivity index (χ2n) is 4.73. The van der Waals surface area contributed by atoms with Crippen LogP contribution in [0.15, 0.2) is 18.2 Å². The summed E-state index contributed by atoms with van der Waals surface area (Å²) >= 11 is 0. The SMILES string of the molecule is CCC1CN(C(=O)c2cc(F)ccc2O)CCC1=O. The molecule has 1 aromatic carbocycles. The molecule has 5 heteroatoms. The van der Waals surface area contributed by atoms with Crippen LogP contribution >= 0.6 is 0 Å². The lowest BCUT2D eigenvalue weighted by Crippen LogP contribution is -2.44. The van der Waals surface area contributed by atoms with E-state index in [4.69, 9.17) is 0 Å². The summed E-state index contributed by atoms with van der Waals surface area (Å²) in [5.41, 5.74) is -0.0517. The predicted octanol–water partition coefficient (Wildman–Crippen LogP) is 1.97. The van der Waals surface area contributed by atoms with Gasteiger partial charge >= 0.3 is 0 Å². The summed E-state index contributed by atoms with van der Waals surface area (Å²) in [5.74, 6) is -1.23. The van der Waals surface area contributed by atoms with E-state index in [0.717, 1.165) is 18.2 Å². The summed E-state index contributed by atoms with van der Waals surface area (Å²) in [4.78, 5) is 25.3. The van der Waals surface area contributed by atoms with Gasteiger partial charge in [-0.15, -0.1) is 0 Å². The molecule has 1 heterocycles. The number of benzene rings is 1. The number of nitrogens with zero attached hydrogens (tertiary/aromatic N) is 1. The molecule has 1 N–H and O–H groups in total. The normalized spacial score (nSPS) is 19.6. The quantitative estimate of drug-likeness (QED) is 0.889. The van der Waals surface area contributed by atoms with Gasteiger partial charge in [-0.2, -0.15) is 0 Å². The zero-order valence-electron chi connectivity index (χ0n) is 10.7. The second kappa shape index (κ2) is 5.38. The highest BCUT2D eigenvalue weighted by Gasteiger charge is 2.30. The molecule has 19 heavy (non-hydrogen) atoms. The first-order chi connectivity index (χ1) is 9.02. The van der Waals surface area contributed by atoms with Crippen LogP contribution in [-0.4, -0.2) is 34.8 Å². The predicted molar refractivity (Wildman–Crippen MR) is 67.4 cm³/mol. The van der Waals surface area contributed by atoms with Crippen molar-refractivity contribution >= 4 is 11.7 Å². The van der Waals surface area contributed by atoms with E-state index < -0.39 is 11.7 Å². The van der Waals surface area contributed by atoms with Crippen LogP contribution < -0.4 is 0 Å². The Kier molecular flexibility index (Phi) is 3.83. The van der Waals surface area contributed by atoms with Crippen LogP contribution in [0.2, 0.25) is 0 Å². The Balaban J connectivity index is 2.20. The lowest BCUT2D eigenvalue weighted by molar-refractivity contribution is -0.125. The number of likely N-dealkylation sites (tertiary alicyclic amines) is 1. The van der Waals surface area contributed by atoms with Crippen LogP contribution in [0.25, 0.3) is 0 Å². The molecule has 1 aliphatic heterocycles. The molecule has 2 rings (SSSR count). The molecule has 1 aliphatic rings. The third-order valence-corrected chi connectivity index (χ3v) is 3.49. The van der Waals surface area contributed by atoms with Crippen molar-refractivity contribution in [3.8, 4) is 5.75 Å². The summed E-state index contributed by atoms with van der Waals surface area (Å²) in [6.45, 7) is 2.56. The summed E-state index contributed by atoms with van der Waals surface area (Å²) in [6, 6.07) is 3.28. The highest BCUT2D eigenvalue weighted by atomic mass is 19.1. The molecule has 1 atom stereocenters. The molecule has 1 unspecified atom stereocenters. The van der Waals surface area contributed by atoms with E-state index in [1.165, 1.54) is 4.90 Å². The Bertz CT molecular complexity index is 515. The van der Waals surface area contributed by atoms with Gasteiger partial charge in [0.1, 0.15) is 17.3 Å². The van der Waals surface area contributed by atoms with Crippen molar-refractivity contribution < 1.29 is 19.1 Å². The van der Waals surface area contributed by atoms with E-state index in [1.807, 2.05) is 6.92 Å². The van der Waals surface area contributed by atoms with E-state index in [9.17, 15) is 19.1 Å². The van der Waals surface area contributed by atoms with Gasteiger partial charge in [0.2, 0.25) is 0 Å². The maximum atomic E-state index is 13.1. The molecular formula is C14H16FNO3. The van der Waals surface area contributed by atoms with E-state index in [-0.39, 0.29) is 23.0 Å². The first-order valence-corrected chi connectivity index (χ1v) is 6.33. The molecule has 0 bridgehead atoms. The van der Waals surface area contributed by atoms with Crippen LogP contribution in [0.4, 0.5) is 4.39 Å². The lowest BCUT2D eigenvalue weighted by Gasteiger charge is -2.31. The molecule has 0 saturated carbocycles. The van der Waals surface area contributed by atoms with Gasteiger partial charge in [0.15, 0.2) is 0 Å². The maximum absolute atomic E-state index is 13.1. The molecule has 102 valence electrons. The molecule has 0 aliphatic carbocycles. The number of aromatic hydroxyl groups is 1. The minimum absolute atomic E-state index is 0.0517. The Labute approximate surface area is 110 Å². The third kappa shape index (κ3) is 2.75. The lowest BCUT2D eigenvalue weighted by atomic mass is 9.93. The summed E-state index contributed by atoms with van der Waals surface area (Å²) in [5, 5.41) is 9.63. The van der Waals surface area contributed by atoms with Crippen LogP contribution in [0.1, 0.15) is 30.1 Å². The van der Waals surface area contributed by atoms with Gasteiger partial charge in [-0.1, -0.05) is 6.92 Å². The van der Waals surface area contributed by atoms with Crippen LogP contribution in [-0.2, 0) is 4.79 Å². The van der Waals surface area contributed by atoms with Gasteiger partial charge in [-0.3, -0.25) is 9.59 Å². The van der Waals surface area contributed by atoms with Crippen molar-refractivity contribution in [2.75, 3.05) is 13.1 Å².